The van der Waals surface area contributed by atoms with Gasteiger partial charge in [-0.15, -0.1) is 11.8 Å². The number of halogens is 2. The van der Waals surface area contributed by atoms with Crippen molar-refractivity contribution in [3.63, 3.8) is 0 Å². The van der Waals surface area contributed by atoms with Gasteiger partial charge in [-0.2, -0.15) is 0 Å². The number of hydrogen-bond donors (Lipinski definition) is 1. The van der Waals surface area contributed by atoms with Crippen LogP contribution in [0.25, 0.3) is 22.6 Å². The predicted octanol–water partition coefficient (Wildman–Crippen LogP) is 3.87. The Morgan fingerprint density at radius 2 is 2.19 bits per heavy atom. The fourth-order valence-corrected chi connectivity index (χ4v) is 4.02. The summed E-state index contributed by atoms with van der Waals surface area (Å²) in [6.45, 7) is 0.0180. The maximum atomic E-state index is 13.5. The number of carbonyl (C=O) groups excluding carboxylic acids is 2. The first kappa shape index (κ1) is 18.0. The van der Waals surface area contributed by atoms with E-state index in [1.165, 1.54) is 28.8 Å². The zero-order chi connectivity index (χ0) is 19.0. The third-order valence-corrected chi connectivity index (χ3v) is 5.63. The molecule has 2 heterocycles. The molecule has 9 heteroatoms. The molecule has 1 aromatic heterocycles. The molecule has 1 aliphatic heterocycles. The zero-order valence-corrected chi connectivity index (χ0v) is 16.3. The molecule has 0 atom stereocenters. The molecule has 2 aromatic carbocycles. The Morgan fingerprint density at radius 1 is 1.33 bits per heavy atom. The van der Waals surface area contributed by atoms with E-state index in [0.717, 1.165) is 0 Å². The molecule has 0 saturated carbocycles. The minimum atomic E-state index is -0.391. The lowest BCUT2D eigenvalue weighted by Gasteiger charge is -2.14. The third-order valence-electron chi connectivity index (χ3n) is 3.99. The summed E-state index contributed by atoms with van der Waals surface area (Å²) < 4.78 is 19.9. The van der Waals surface area contributed by atoms with Gasteiger partial charge in [-0.25, -0.2) is 9.37 Å². The molecule has 0 bridgehead atoms. The summed E-state index contributed by atoms with van der Waals surface area (Å²) in [4.78, 5) is 29.6. The van der Waals surface area contributed by atoms with Crippen molar-refractivity contribution in [3.8, 4) is 11.5 Å². The van der Waals surface area contributed by atoms with Gasteiger partial charge in [-0.05, 0) is 52.3 Å². The molecule has 3 aromatic rings. The first-order chi connectivity index (χ1) is 13.0. The van der Waals surface area contributed by atoms with E-state index in [2.05, 4.69) is 26.2 Å². The first-order valence-electron chi connectivity index (χ1n) is 8.01. The van der Waals surface area contributed by atoms with E-state index in [1.807, 2.05) is 0 Å². The smallest absolute Gasteiger partial charge is 0.244 e. The van der Waals surface area contributed by atoms with Crippen molar-refractivity contribution in [1.82, 2.24) is 9.88 Å². The second-order valence-electron chi connectivity index (χ2n) is 5.94. The number of aromatic nitrogens is 1. The molecule has 1 aliphatic rings. The van der Waals surface area contributed by atoms with Gasteiger partial charge in [-0.3, -0.25) is 9.59 Å². The van der Waals surface area contributed by atoms with Crippen LogP contribution in [0.15, 0.2) is 45.3 Å². The minimum Gasteiger partial charge on any atom is -0.436 e. The number of nitrogens with one attached hydrogen (secondary N) is 1. The molecule has 2 amide bonds. The van der Waals surface area contributed by atoms with Crippen molar-refractivity contribution in [3.05, 3.63) is 46.7 Å². The van der Waals surface area contributed by atoms with Crippen molar-refractivity contribution in [2.24, 2.45) is 0 Å². The lowest BCUT2D eigenvalue weighted by molar-refractivity contribution is -0.130. The molecule has 0 spiro atoms. The van der Waals surface area contributed by atoms with Gasteiger partial charge in [-0.1, -0.05) is 0 Å². The molecule has 0 unspecified atom stereocenters. The van der Waals surface area contributed by atoms with E-state index in [-0.39, 0.29) is 24.2 Å². The number of anilines is 1. The van der Waals surface area contributed by atoms with Crippen LogP contribution in [0.5, 0.6) is 0 Å². The summed E-state index contributed by atoms with van der Waals surface area (Å²) in [7, 11) is 0. The van der Waals surface area contributed by atoms with Gasteiger partial charge >= 0.3 is 0 Å². The summed E-state index contributed by atoms with van der Waals surface area (Å²) >= 11 is 4.85. The van der Waals surface area contributed by atoms with Gasteiger partial charge in [0.05, 0.1) is 17.2 Å². The molecule has 1 N–H and O–H groups in total. The highest BCUT2D eigenvalue weighted by atomic mass is 79.9. The van der Waals surface area contributed by atoms with Crippen molar-refractivity contribution in [2.45, 2.75) is 0 Å². The lowest BCUT2D eigenvalue weighted by Crippen LogP contribution is -2.34. The van der Waals surface area contributed by atoms with Gasteiger partial charge in [0, 0.05) is 10.2 Å². The third kappa shape index (κ3) is 3.84. The summed E-state index contributed by atoms with van der Waals surface area (Å²) in [5.41, 5.74) is 2.10. The Balaban J connectivity index is 1.55. The molecule has 6 nitrogen and oxygen atoms in total. The summed E-state index contributed by atoms with van der Waals surface area (Å²) in [6.07, 6.45) is 0. The van der Waals surface area contributed by atoms with Crippen molar-refractivity contribution >= 4 is 56.3 Å². The number of benzene rings is 2. The second kappa shape index (κ2) is 7.32. The molecule has 138 valence electrons. The highest BCUT2D eigenvalue weighted by molar-refractivity contribution is 9.10. The Morgan fingerprint density at radius 3 is 2.96 bits per heavy atom. The van der Waals surface area contributed by atoms with Crippen molar-refractivity contribution in [2.75, 3.05) is 23.5 Å². The molecular formula is C18H13BrFN3O3S. The lowest BCUT2D eigenvalue weighted by atomic mass is 10.2. The van der Waals surface area contributed by atoms with Gasteiger partial charge < -0.3 is 14.6 Å². The average molecular weight is 450 g/mol. The van der Waals surface area contributed by atoms with Crippen LogP contribution in [-0.2, 0) is 9.59 Å². The van der Waals surface area contributed by atoms with E-state index in [9.17, 15) is 14.0 Å². The van der Waals surface area contributed by atoms with E-state index in [4.69, 9.17) is 4.42 Å². The van der Waals surface area contributed by atoms with Crippen LogP contribution < -0.4 is 5.32 Å². The van der Waals surface area contributed by atoms with E-state index < -0.39 is 5.82 Å². The largest absolute Gasteiger partial charge is 0.436 e. The molecule has 1 fully saturated rings. The highest BCUT2D eigenvalue weighted by Gasteiger charge is 2.23. The van der Waals surface area contributed by atoms with Crippen LogP contribution >= 0.6 is 27.7 Å². The first-order valence-corrected chi connectivity index (χ1v) is 9.96. The monoisotopic (exact) mass is 449 g/mol. The number of thioether (sulfide) groups is 1. The van der Waals surface area contributed by atoms with Gasteiger partial charge in [0.1, 0.15) is 17.9 Å². The molecule has 4 rings (SSSR count). The van der Waals surface area contributed by atoms with Gasteiger partial charge in [0.2, 0.25) is 17.7 Å². The minimum absolute atomic E-state index is 0.0180. The Hall–Kier alpha value is -2.39. The Bertz CT molecular complexity index is 1060. The van der Waals surface area contributed by atoms with Crippen LogP contribution in [0.1, 0.15) is 0 Å². The predicted molar refractivity (Wildman–Crippen MR) is 105 cm³/mol. The zero-order valence-electron chi connectivity index (χ0n) is 13.9. The topological polar surface area (TPSA) is 75.4 Å². The normalized spacial score (nSPS) is 14.1. The standard InChI is InChI=1S/C18H13BrFN3O3S/c19-13-3-1-10(20)5-12(13)18-22-14-6-11(2-4-15(14)26-18)21-16(24)7-23-9-27-8-17(23)25/h1-6H,7-9H2,(H,21,24). The summed E-state index contributed by atoms with van der Waals surface area (Å²) in [6, 6.07) is 9.31. The molecule has 1 saturated heterocycles. The highest BCUT2D eigenvalue weighted by Crippen LogP contribution is 2.31. The number of oxazole rings is 1. The Kier molecular flexibility index (Phi) is 4.88. The summed E-state index contributed by atoms with van der Waals surface area (Å²) in [5.74, 6) is 0.517. The van der Waals surface area contributed by atoms with Crippen LogP contribution in [0, 0.1) is 5.82 Å². The summed E-state index contributed by atoms with van der Waals surface area (Å²) in [5, 5.41) is 2.76. The number of fused-ring (bicyclic) bond motifs is 1. The maximum Gasteiger partial charge on any atom is 0.244 e. The van der Waals surface area contributed by atoms with Crippen LogP contribution in [0.3, 0.4) is 0 Å². The molecule has 0 aliphatic carbocycles. The average Bonchev–Trinajstić information content (AvgIpc) is 3.23. The fraction of sp³-hybridized carbons (Fsp3) is 0.167. The fourth-order valence-electron chi connectivity index (χ4n) is 2.70. The van der Waals surface area contributed by atoms with Gasteiger partial charge in [0.25, 0.3) is 0 Å². The number of carbonyl (C=O) groups is 2. The molecule has 0 radical (unpaired) electrons. The quantitative estimate of drug-likeness (QED) is 0.654. The van der Waals surface area contributed by atoms with Gasteiger partial charge in [0.15, 0.2) is 5.58 Å². The number of amides is 2. The second-order valence-corrected chi connectivity index (χ2v) is 7.75. The van der Waals surface area contributed by atoms with E-state index >= 15 is 0 Å². The molecule has 27 heavy (non-hydrogen) atoms. The number of nitrogens with zero attached hydrogens (tertiary/aromatic N) is 2. The van der Waals surface area contributed by atoms with Crippen molar-refractivity contribution < 1.29 is 18.4 Å². The number of hydrogen-bond acceptors (Lipinski definition) is 5. The van der Waals surface area contributed by atoms with E-state index in [1.54, 1.807) is 24.3 Å². The maximum absolute atomic E-state index is 13.5. The van der Waals surface area contributed by atoms with Crippen LogP contribution in [-0.4, -0.2) is 39.9 Å². The van der Waals surface area contributed by atoms with Crippen LogP contribution in [0.4, 0.5) is 10.1 Å². The van der Waals surface area contributed by atoms with Crippen LogP contribution in [0.2, 0.25) is 0 Å². The number of rotatable bonds is 4. The molecular weight excluding hydrogens is 437 g/mol. The Labute approximate surface area is 166 Å². The SMILES string of the molecule is O=C(CN1CSCC1=O)Nc1ccc2oc(-c3cc(F)ccc3Br)nc2c1. The van der Waals surface area contributed by atoms with Crippen molar-refractivity contribution in [1.29, 1.82) is 0 Å². The van der Waals surface area contributed by atoms with E-state index in [0.29, 0.717) is 38.5 Å².